The van der Waals surface area contributed by atoms with E-state index in [0.717, 1.165) is 37.5 Å². The fourth-order valence-electron chi connectivity index (χ4n) is 1.76. The number of pyridine rings is 1. The van der Waals surface area contributed by atoms with E-state index in [1.807, 2.05) is 0 Å². The number of nitrogens with one attached hydrogen (secondary N) is 1. The summed E-state index contributed by atoms with van der Waals surface area (Å²) in [5, 5.41) is 2.89. The predicted molar refractivity (Wildman–Crippen MR) is 71.5 cm³/mol. The fourth-order valence-corrected chi connectivity index (χ4v) is 2.00. The van der Waals surface area contributed by atoms with Crippen LogP contribution < -0.4 is 5.32 Å². The van der Waals surface area contributed by atoms with Gasteiger partial charge in [-0.25, -0.2) is 4.98 Å². The average Bonchev–Trinajstić information content (AvgIpc) is 2.40. The van der Waals surface area contributed by atoms with Gasteiger partial charge in [-0.15, -0.1) is 0 Å². The van der Waals surface area contributed by atoms with Crippen LogP contribution in [-0.2, 0) is 4.74 Å². The molecule has 0 spiro atoms. The molecule has 0 atom stereocenters. The maximum Gasteiger partial charge on any atom is 0.252 e. The molecule has 1 aliphatic heterocycles. The van der Waals surface area contributed by atoms with E-state index >= 15 is 0 Å². The second kappa shape index (κ2) is 6.82. The second-order valence-corrected chi connectivity index (χ2v) is 4.89. The molecule has 1 amide bonds. The third kappa shape index (κ3) is 4.04. The Morgan fingerprint density at radius 2 is 2.22 bits per heavy atom. The van der Waals surface area contributed by atoms with Crippen LogP contribution in [0.25, 0.3) is 0 Å². The molecule has 0 radical (unpaired) electrons. The number of aromatic nitrogens is 1. The number of morpholine rings is 1. The standard InChI is InChI=1S/C12H16BrN3O2/c13-11-2-1-10(9-15-11)12(17)14-3-4-16-5-7-18-8-6-16/h1-2,9H,3-8H2,(H,14,17). The quantitative estimate of drug-likeness (QED) is 0.839. The van der Waals surface area contributed by atoms with Crippen LogP contribution in [0.2, 0.25) is 0 Å². The number of ether oxygens (including phenoxy) is 1. The van der Waals surface area contributed by atoms with E-state index < -0.39 is 0 Å². The number of rotatable bonds is 4. The molecule has 0 aromatic carbocycles. The molecule has 1 saturated heterocycles. The molecule has 1 aromatic heterocycles. The monoisotopic (exact) mass is 313 g/mol. The van der Waals surface area contributed by atoms with Gasteiger partial charge in [-0.05, 0) is 28.1 Å². The van der Waals surface area contributed by atoms with Crippen molar-refractivity contribution in [2.75, 3.05) is 39.4 Å². The van der Waals surface area contributed by atoms with E-state index in [1.54, 1.807) is 18.3 Å². The lowest BCUT2D eigenvalue weighted by Crippen LogP contribution is -2.41. The Morgan fingerprint density at radius 1 is 1.44 bits per heavy atom. The van der Waals surface area contributed by atoms with Crippen molar-refractivity contribution in [2.45, 2.75) is 0 Å². The van der Waals surface area contributed by atoms with Crippen LogP contribution in [0.15, 0.2) is 22.9 Å². The molecule has 0 unspecified atom stereocenters. The molecule has 1 N–H and O–H groups in total. The number of amides is 1. The van der Waals surface area contributed by atoms with E-state index in [0.29, 0.717) is 12.1 Å². The minimum Gasteiger partial charge on any atom is -0.379 e. The van der Waals surface area contributed by atoms with Crippen molar-refractivity contribution in [3.05, 3.63) is 28.5 Å². The van der Waals surface area contributed by atoms with Crippen LogP contribution in [0.1, 0.15) is 10.4 Å². The minimum absolute atomic E-state index is 0.0803. The lowest BCUT2D eigenvalue weighted by atomic mass is 10.3. The summed E-state index contributed by atoms with van der Waals surface area (Å²) in [6, 6.07) is 3.51. The first kappa shape index (κ1) is 13.5. The molecule has 98 valence electrons. The molecule has 2 rings (SSSR count). The van der Waals surface area contributed by atoms with Gasteiger partial charge in [0, 0.05) is 32.4 Å². The smallest absolute Gasteiger partial charge is 0.252 e. The topological polar surface area (TPSA) is 54.5 Å². The molecule has 2 heterocycles. The summed E-state index contributed by atoms with van der Waals surface area (Å²) in [7, 11) is 0. The van der Waals surface area contributed by atoms with E-state index in [2.05, 4.69) is 31.1 Å². The Morgan fingerprint density at radius 3 is 2.89 bits per heavy atom. The van der Waals surface area contributed by atoms with Gasteiger partial charge in [0.05, 0.1) is 18.8 Å². The first-order chi connectivity index (χ1) is 8.75. The lowest BCUT2D eigenvalue weighted by Gasteiger charge is -2.26. The number of carbonyl (C=O) groups excluding carboxylic acids is 1. The van der Waals surface area contributed by atoms with Crippen molar-refractivity contribution in [1.82, 2.24) is 15.2 Å². The van der Waals surface area contributed by atoms with Gasteiger partial charge in [0.1, 0.15) is 4.60 Å². The zero-order chi connectivity index (χ0) is 12.8. The van der Waals surface area contributed by atoms with E-state index in [1.165, 1.54) is 0 Å². The highest BCUT2D eigenvalue weighted by Gasteiger charge is 2.10. The van der Waals surface area contributed by atoms with Crippen molar-refractivity contribution in [1.29, 1.82) is 0 Å². The third-order valence-corrected chi connectivity index (χ3v) is 3.28. The summed E-state index contributed by atoms with van der Waals surface area (Å²) >= 11 is 3.24. The highest BCUT2D eigenvalue weighted by Crippen LogP contribution is 2.06. The number of nitrogens with zero attached hydrogens (tertiary/aromatic N) is 2. The Balaban J connectivity index is 1.72. The van der Waals surface area contributed by atoms with Crippen molar-refractivity contribution >= 4 is 21.8 Å². The van der Waals surface area contributed by atoms with Gasteiger partial charge in [-0.1, -0.05) is 0 Å². The molecule has 1 aliphatic rings. The number of carbonyl (C=O) groups is 1. The van der Waals surface area contributed by atoms with Crippen LogP contribution >= 0.6 is 15.9 Å². The molecule has 6 heteroatoms. The summed E-state index contributed by atoms with van der Waals surface area (Å²) in [6.07, 6.45) is 1.56. The summed E-state index contributed by atoms with van der Waals surface area (Å²) in [4.78, 5) is 18.1. The zero-order valence-electron chi connectivity index (χ0n) is 10.1. The summed E-state index contributed by atoms with van der Waals surface area (Å²) in [6.45, 7) is 4.95. The largest absolute Gasteiger partial charge is 0.379 e. The molecule has 0 saturated carbocycles. The summed E-state index contributed by atoms with van der Waals surface area (Å²) < 4.78 is 5.99. The van der Waals surface area contributed by atoms with E-state index in [4.69, 9.17) is 4.74 Å². The second-order valence-electron chi connectivity index (χ2n) is 4.08. The van der Waals surface area contributed by atoms with Crippen LogP contribution in [0.3, 0.4) is 0 Å². The van der Waals surface area contributed by atoms with E-state index in [-0.39, 0.29) is 5.91 Å². The third-order valence-electron chi connectivity index (χ3n) is 2.81. The van der Waals surface area contributed by atoms with Crippen molar-refractivity contribution in [2.24, 2.45) is 0 Å². The lowest BCUT2D eigenvalue weighted by molar-refractivity contribution is 0.0383. The molecule has 0 bridgehead atoms. The Bertz CT molecular complexity index is 391. The summed E-state index contributed by atoms with van der Waals surface area (Å²) in [5.74, 6) is -0.0803. The Hall–Kier alpha value is -0.980. The van der Waals surface area contributed by atoms with Crippen molar-refractivity contribution in [3.63, 3.8) is 0 Å². The first-order valence-electron chi connectivity index (χ1n) is 5.95. The molecular weight excluding hydrogens is 298 g/mol. The van der Waals surface area contributed by atoms with Crippen LogP contribution in [0.5, 0.6) is 0 Å². The Kier molecular flexibility index (Phi) is 5.10. The van der Waals surface area contributed by atoms with Gasteiger partial charge in [0.15, 0.2) is 0 Å². The fraction of sp³-hybridized carbons (Fsp3) is 0.500. The highest BCUT2D eigenvalue weighted by atomic mass is 79.9. The zero-order valence-corrected chi connectivity index (χ0v) is 11.6. The molecule has 0 aliphatic carbocycles. The highest BCUT2D eigenvalue weighted by molar-refractivity contribution is 9.10. The molecule has 5 nitrogen and oxygen atoms in total. The minimum atomic E-state index is -0.0803. The first-order valence-corrected chi connectivity index (χ1v) is 6.75. The number of halogens is 1. The normalized spacial score (nSPS) is 16.5. The van der Waals surface area contributed by atoms with Crippen molar-refractivity contribution < 1.29 is 9.53 Å². The maximum atomic E-state index is 11.8. The van der Waals surface area contributed by atoms with Crippen molar-refractivity contribution in [3.8, 4) is 0 Å². The number of hydrogen-bond donors (Lipinski definition) is 1. The van der Waals surface area contributed by atoms with E-state index in [9.17, 15) is 4.79 Å². The van der Waals surface area contributed by atoms with Gasteiger partial charge in [-0.2, -0.15) is 0 Å². The maximum absolute atomic E-state index is 11.8. The van der Waals surface area contributed by atoms with Crippen LogP contribution in [-0.4, -0.2) is 55.2 Å². The average molecular weight is 314 g/mol. The summed E-state index contributed by atoms with van der Waals surface area (Å²) in [5.41, 5.74) is 0.583. The van der Waals surface area contributed by atoms with Gasteiger partial charge in [-0.3, -0.25) is 9.69 Å². The molecule has 1 fully saturated rings. The van der Waals surface area contributed by atoms with Gasteiger partial charge in [0.2, 0.25) is 0 Å². The van der Waals surface area contributed by atoms with Crippen LogP contribution in [0.4, 0.5) is 0 Å². The molecular formula is C12H16BrN3O2. The van der Waals surface area contributed by atoms with Gasteiger partial charge >= 0.3 is 0 Å². The molecule has 1 aromatic rings. The molecule has 18 heavy (non-hydrogen) atoms. The van der Waals surface area contributed by atoms with Crippen LogP contribution in [0, 0.1) is 0 Å². The van der Waals surface area contributed by atoms with Gasteiger partial charge in [0.25, 0.3) is 5.91 Å². The predicted octanol–water partition coefficient (Wildman–Crippen LogP) is 0.906. The van der Waals surface area contributed by atoms with Gasteiger partial charge < -0.3 is 10.1 Å². The number of hydrogen-bond acceptors (Lipinski definition) is 4. The SMILES string of the molecule is O=C(NCCN1CCOCC1)c1ccc(Br)nc1. The Labute approximate surface area is 115 Å².